The number of alkyl halides is 3. The maximum Gasteiger partial charge on any atom is 0.417 e. The molecule has 0 bridgehead atoms. The molecule has 0 amide bonds. The van der Waals surface area contributed by atoms with Crippen molar-refractivity contribution in [3.63, 3.8) is 0 Å². The fourth-order valence-electron chi connectivity index (χ4n) is 1.69. The Balaban J connectivity index is 2.22. The number of anilines is 1. The molecule has 1 aromatic heterocycles. The first-order valence-corrected chi connectivity index (χ1v) is 7.75. The Morgan fingerprint density at radius 2 is 1.70 bits per heavy atom. The summed E-state index contributed by atoms with van der Waals surface area (Å²) in [5.41, 5.74) is -0.636. The smallest absolute Gasteiger partial charge is 0.295 e. The molecular weight excluding hydrogens is 333 g/mol. The monoisotopic (exact) mass is 344 g/mol. The summed E-state index contributed by atoms with van der Waals surface area (Å²) in [6.07, 6.45) is -4.01. The largest absolute Gasteiger partial charge is 0.417 e. The summed E-state index contributed by atoms with van der Waals surface area (Å²) in [4.78, 5) is 14.4. The average Bonchev–Trinajstić information content (AvgIpc) is 2.46. The Morgan fingerprint density at radius 1 is 1.09 bits per heavy atom. The van der Waals surface area contributed by atoms with E-state index >= 15 is 0 Å². The van der Waals surface area contributed by atoms with Crippen molar-refractivity contribution in [2.75, 3.05) is 4.72 Å². The van der Waals surface area contributed by atoms with Crippen LogP contribution in [0.25, 0.3) is 0 Å². The summed E-state index contributed by atoms with van der Waals surface area (Å²) in [5.74, 6) is -0.458. The number of hydrogen-bond donors (Lipinski definition) is 1. The van der Waals surface area contributed by atoms with E-state index in [1.807, 2.05) is 0 Å². The van der Waals surface area contributed by atoms with E-state index < -0.39 is 21.8 Å². The van der Waals surface area contributed by atoms with Crippen LogP contribution in [0.3, 0.4) is 0 Å². The molecule has 2 aromatic rings. The molecule has 0 radical (unpaired) electrons. The minimum atomic E-state index is -4.55. The van der Waals surface area contributed by atoms with Gasteiger partial charge in [0.1, 0.15) is 5.82 Å². The SMILES string of the molecule is CC(=O)c1ccc(S(=O)(=O)Nc2ccc(C(F)(F)F)cn2)cc1. The van der Waals surface area contributed by atoms with Crippen molar-refractivity contribution in [2.24, 2.45) is 0 Å². The number of Topliss-reactive ketones (excluding diaryl/α,β-unsaturated/α-hetero) is 1. The highest BCUT2D eigenvalue weighted by Crippen LogP contribution is 2.29. The number of carbonyl (C=O) groups is 1. The van der Waals surface area contributed by atoms with Crippen LogP contribution in [0.1, 0.15) is 22.8 Å². The van der Waals surface area contributed by atoms with Crippen LogP contribution in [0.4, 0.5) is 19.0 Å². The molecule has 0 unspecified atom stereocenters. The van der Waals surface area contributed by atoms with Crippen LogP contribution >= 0.6 is 0 Å². The highest BCUT2D eigenvalue weighted by Gasteiger charge is 2.30. The summed E-state index contributed by atoms with van der Waals surface area (Å²) >= 11 is 0. The van der Waals surface area contributed by atoms with Crippen molar-refractivity contribution in [1.29, 1.82) is 0 Å². The fraction of sp³-hybridized carbons (Fsp3) is 0.143. The number of sulfonamides is 1. The molecule has 0 fully saturated rings. The van der Waals surface area contributed by atoms with Gasteiger partial charge in [0.2, 0.25) is 0 Å². The predicted octanol–water partition coefficient (Wildman–Crippen LogP) is 3.10. The highest BCUT2D eigenvalue weighted by molar-refractivity contribution is 7.92. The normalized spacial score (nSPS) is 12.0. The molecule has 0 aliphatic carbocycles. The van der Waals surface area contributed by atoms with E-state index in [9.17, 15) is 26.4 Å². The lowest BCUT2D eigenvalue weighted by Crippen LogP contribution is -2.14. The lowest BCUT2D eigenvalue weighted by molar-refractivity contribution is -0.137. The standard InChI is InChI=1S/C14H11F3N2O3S/c1-9(20)10-2-5-12(6-3-10)23(21,22)19-13-7-4-11(8-18-13)14(15,16)17/h2-8H,1H3,(H,18,19). The second-order valence-electron chi connectivity index (χ2n) is 4.62. The zero-order chi connectivity index (χ0) is 17.3. The second-order valence-corrected chi connectivity index (χ2v) is 6.30. The summed E-state index contributed by atoms with van der Waals surface area (Å²) in [5, 5.41) is 0. The van der Waals surface area contributed by atoms with Crippen LogP contribution in [0.15, 0.2) is 47.5 Å². The molecule has 2 rings (SSSR count). The zero-order valence-corrected chi connectivity index (χ0v) is 12.6. The maximum atomic E-state index is 12.4. The van der Waals surface area contributed by atoms with E-state index in [-0.39, 0.29) is 16.5 Å². The van der Waals surface area contributed by atoms with Crippen LogP contribution in [0, 0.1) is 0 Å². The zero-order valence-electron chi connectivity index (χ0n) is 11.8. The molecular formula is C14H11F3N2O3S. The molecule has 0 saturated heterocycles. The first-order chi connectivity index (χ1) is 10.6. The minimum absolute atomic E-state index is 0.135. The van der Waals surface area contributed by atoms with Crippen LogP contribution in [-0.2, 0) is 16.2 Å². The van der Waals surface area contributed by atoms with Crippen molar-refractivity contribution in [3.05, 3.63) is 53.7 Å². The maximum absolute atomic E-state index is 12.4. The number of halogens is 3. The predicted molar refractivity (Wildman–Crippen MR) is 76.5 cm³/mol. The Bertz CT molecular complexity index is 814. The van der Waals surface area contributed by atoms with Crippen molar-refractivity contribution < 1.29 is 26.4 Å². The Kier molecular flexibility index (Phi) is 4.42. The third-order valence-corrected chi connectivity index (χ3v) is 4.27. The first kappa shape index (κ1) is 16.9. The average molecular weight is 344 g/mol. The quantitative estimate of drug-likeness (QED) is 0.865. The summed E-state index contributed by atoms with van der Waals surface area (Å²) < 4.78 is 63.5. The Labute approximate surface area is 130 Å². The van der Waals surface area contributed by atoms with E-state index in [4.69, 9.17) is 0 Å². The molecule has 0 saturated carbocycles. The first-order valence-electron chi connectivity index (χ1n) is 6.27. The van der Waals surface area contributed by atoms with Crippen molar-refractivity contribution in [2.45, 2.75) is 18.0 Å². The lowest BCUT2D eigenvalue weighted by Gasteiger charge is -2.09. The van der Waals surface area contributed by atoms with E-state index in [1.165, 1.54) is 31.2 Å². The molecule has 0 aliphatic heterocycles. The molecule has 23 heavy (non-hydrogen) atoms. The van der Waals surface area contributed by atoms with Gasteiger partial charge in [-0.1, -0.05) is 12.1 Å². The van der Waals surface area contributed by atoms with Gasteiger partial charge in [-0.2, -0.15) is 13.2 Å². The van der Waals surface area contributed by atoms with Crippen LogP contribution in [0.2, 0.25) is 0 Å². The Morgan fingerprint density at radius 3 is 2.13 bits per heavy atom. The Hall–Kier alpha value is -2.42. The summed E-state index contributed by atoms with van der Waals surface area (Å²) in [6, 6.07) is 6.79. The topological polar surface area (TPSA) is 76.1 Å². The van der Waals surface area contributed by atoms with Gasteiger partial charge in [-0.05, 0) is 31.2 Å². The summed E-state index contributed by atoms with van der Waals surface area (Å²) in [7, 11) is -4.01. The molecule has 1 heterocycles. The van der Waals surface area contributed by atoms with Gasteiger partial charge in [0.25, 0.3) is 10.0 Å². The van der Waals surface area contributed by atoms with Crippen molar-refractivity contribution in [1.82, 2.24) is 4.98 Å². The molecule has 0 spiro atoms. The molecule has 5 nitrogen and oxygen atoms in total. The molecule has 0 atom stereocenters. The van der Waals surface area contributed by atoms with Crippen LogP contribution in [0.5, 0.6) is 0 Å². The number of nitrogens with one attached hydrogen (secondary N) is 1. The number of carbonyl (C=O) groups excluding carboxylic acids is 1. The second kappa shape index (κ2) is 5.99. The molecule has 9 heteroatoms. The lowest BCUT2D eigenvalue weighted by atomic mass is 10.2. The van der Waals surface area contributed by atoms with Crippen LogP contribution in [-0.4, -0.2) is 19.2 Å². The number of aromatic nitrogens is 1. The van der Waals surface area contributed by atoms with Gasteiger partial charge >= 0.3 is 6.18 Å². The minimum Gasteiger partial charge on any atom is -0.295 e. The fourth-order valence-corrected chi connectivity index (χ4v) is 2.70. The van der Waals surface area contributed by atoms with Gasteiger partial charge in [-0.3, -0.25) is 9.52 Å². The third-order valence-electron chi connectivity index (χ3n) is 2.90. The number of pyridine rings is 1. The van der Waals surface area contributed by atoms with Gasteiger partial charge in [0, 0.05) is 11.8 Å². The van der Waals surface area contributed by atoms with E-state index in [0.717, 1.165) is 12.1 Å². The van der Waals surface area contributed by atoms with Gasteiger partial charge < -0.3 is 0 Å². The van der Waals surface area contributed by atoms with Gasteiger partial charge in [-0.25, -0.2) is 13.4 Å². The number of rotatable bonds is 4. The van der Waals surface area contributed by atoms with E-state index in [0.29, 0.717) is 11.8 Å². The van der Waals surface area contributed by atoms with Crippen molar-refractivity contribution >= 4 is 21.6 Å². The summed E-state index contributed by atoms with van der Waals surface area (Å²) in [6.45, 7) is 1.34. The third kappa shape index (κ3) is 4.07. The van der Waals surface area contributed by atoms with Gasteiger partial charge in [-0.15, -0.1) is 0 Å². The van der Waals surface area contributed by atoms with Gasteiger partial charge in [0.15, 0.2) is 5.78 Å². The molecule has 122 valence electrons. The number of nitrogens with zero attached hydrogens (tertiary/aromatic N) is 1. The molecule has 1 N–H and O–H groups in total. The molecule has 0 aliphatic rings. The number of benzene rings is 1. The molecule has 1 aromatic carbocycles. The van der Waals surface area contributed by atoms with Crippen molar-refractivity contribution in [3.8, 4) is 0 Å². The van der Waals surface area contributed by atoms with E-state index in [2.05, 4.69) is 9.71 Å². The van der Waals surface area contributed by atoms with Crippen LogP contribution < -0.4 is 4.72 Å². The highest BCUT2D eigenvalue weighted by atomic mass is 32.2. The number of hydrogen-bond acceptors (Lipinski definition) is 4. The number of ketones is 1. The van der Waals surface area contributed by atoms with Gasteiger partial charge in [0.05, 0.1) is 10.5 Å². The van der Waals surface area contributed by atoms with E-state index in [1.54, 1.807) is 0 Å².